The van der Waals surface area contributed by atoms with Crippen LogP contribution in [-0.2, 0) is 0 Å². The lowest BCUT2D eigenvalue weighted by atomic mass is 9.81. The molecule has 224 valence electrons. The highest BCUT2D eigenvalue weighted by Gasteiger charge is 2.32. The Bertz CT molecular complexity index is 2450. The Balaban J connectivity index is 1.78. The molecule has 46 heavy (non-hydrogen) atoms. The summed E-state index contributed by atoms with van der Waals surface area (Å²) in [6.07, 6.45) is 0. The molecular weight excluding hydrogens is 627 g/mol. The number of halogens is 2. The molecule has 0 heterocycles. The zero-order valence-electron chi connectivity index (χ0n) is 23.5. The average Bonchev–Trinajstić information content (AvgIpc) is 3.04. The van der Waals surface area contributed by atoms with Gasteiger partial charge in [0.15, 0.2) is 0 Å². The van der Waals surface area contributed by atoms with Gasteiger partial charge in [-0.15, -0.1) is 0 Å². The third kappa shape index (κ3) is 4.63. The smallest absolute Gasteiger partial charge is 0.337 e. The molecule has 0 spiro atoms. The topological polar surface area (TPSA) is 140 Å². The van der Waals surface area contributed by atoms with Crippen LogP contribution in [0.5, 0.6) is 0 Å². The number of hydrogen-bond donors (Lipinski definition) is 4. The van der Waals surface area contributed by atoms with Crippen molar-refractivity contribution >= 4 is 101 Å². The molecule has 8 nitrogen and oxygen atoms in total. The van der Waals surface area contributed by atoms with E-state index in [1.54, 1.807) is 48.5 Å². The fourth-order valence-electron chi connectivity index (χ4n) is 6.12. The Morgan fingerprint density at radius 1 is 0.478 bits per heavy atom. The maximum Gasteiger partial charge on any atom is 0.337 e. The molecule has 7 aromatic carbocycles. The number of nitrogens with zero attached hydrogens (tertiary/aromatic N) is 2. The van der Waals surface area contributed by atoms with Gasteiger partial charge in [-0.3, -0.25) is 0 Å². The van der Waals surface area contributed by atoms with Crippen LogP contribution in [0.25, 0.3) is 43.1 Å². The van der Waals surface area contributed by atoms with Crippen LogP contribution in [0.3, 0.4) is 0 Å². The summed E-state index contributed by atoms with van der Waals surface area (Å²) in [6.45, 7) is 0. The summed E-state index contributed by atoms with van der Waals surface area (Å²) in [7, 11) is 0. The van der Waals surface area contributed by atoms with Crippen LogP contribution in [0.15, 0.2) is 107 Å². The predicted octanol–water partition coefficient (Wildman–Crippen LogP) is 9.71. The van der Waals surface area contributed by atoms with Gasteiger partial charge in [-0.25, -0.2) is 19.6 Å². The van der Waals surface area contributed by atoms with Crippen molar-refractivity contribution in [1.82, 2.24) is 0 Å². The van der Waals surface area contributed by atoms with Gasteiger partial charge in [0.1, 0.15) is 0 Å². The molecular formula is C36H20Cl2N2O6. The lowest BCUT2D eigenvalue weighted by molar-refractivity contribution is 0.0695. The molecule has 0 amide bonds. The van der Waals surface area contributed by atoms with Gasteiger partial charge in [-0.1, -0.05) is 65.7 Å². The van der Waals surface area contributed by atoms with E-state index in [1.165, 1.54) is 18.2 Å². The minimum atomic E-state index is -1.54. The third-order valence-corrected chi connectivity index (χ3v) is 8.44. The largest absolute Gasteiger partial charge is 0.493 e. The van der Waals surface area contributed by atoms with Crippen molar-refractivity contribution in [3.8, 4) is 0 Å². The molecule has 0 saturated heterocycles. The van der Waals surface area contributed by atoms with E-state index in [-0.39, 0.29) is 27.6 Å². The monoisotopic (exact) mass is 646 g/mol. The normalized spacial score (nSPS) is 12.5. The zero-order chi connectivity index (χ0) is 32.3. The molecule has 0 radical (unpaired) electrons. The second kappa shape index (κ2) is 11.0. The number of fused-ring (bicyclic) bond motifs is 2. The molecule has 0 aliphatic carbocycles. The van der Waals surface area contributed by atoms with Crippen LogP contribution >= 0.6 is 23.2 Å². The molecule has 0 aliphatic heterocycles. The first kappa shape index (κ1) is 29.0. The van der Waals surface area contributed by atoms with Crippen LogP contribution in [0.2, 0.25) is 10.0 Å². The minimum absolute atomic E-state index is 0.130. The molecule has 0 unspecified atom stereocenters. The number of aromatic carboxylic acids is 2. The van der Waals surface area contributed by atoms with Gasteiger partial charge in [-0.05, 0) is 86.9 Å². The number of carbonyl (C=O) groups is 2. The van der Waals surface area contributed by atoms with Gasteiger partial charge >= 0.3 is 11.9 Å². The van der Waals surface area contributed by atoms with Crippen LogP contribution in [-0.4, -0.2) is 44.2 Å². The SMILES string of the molecule is O=C(O)c1ccc2c3cccc4cccc(c5c(C(O)=Nc6ccc(Cl)cc6)c(C(O)=Nc6ccc(Cl)cc6)c(C(=O)O)c1c25)c43. The Morgan fingerprint density at radius 3 is 1.54 bits per heavy atom. The fourth-order valence-corrected chi connectivity index (χ4v) is 6.37. The zero-order valence-corrected chi connectivity index (χ0v) is 25.0. The van der Waals surface area contributed by atoms with E-state index in [0.717, 1.165) is 16.2 Å². The van der Waals surface area contributed by atoms with Crippen molar-refractivity contribution in [3.63, 3.8) is 0 Å². The third-order valence-electron chi connectivity index (χ3n) is 7.93. The van der Waals surface area contributed by atoms with E-state index < -0.39 is 34.9 Å². The van der Waals surface area contributed by atoms with Gasteiger partial charge in [0.05, 0.1) is 33.6 Å². The maximum atomic E-state index is 13.2. The summed E-state index contributed by atoms with van der Waals surface area (Å²) < 4.78 is 0. The molecule has 0 saturated carbocycles. The summed E-state index contributed by atoms with van der Waals surface area (Å²) in [6, 6.07) is 26.6. The fraction of sp³-hybridized carbons (Fsp3) is 0. The number of aliphatic hydroxyl groups is 2. The van der Waals surface area contributed by atoms with Crippen molar-refractivity contribution < 1.29 is 30.0 Å². The van der Waals surface area contributed by atoms with Gasteiger partial charge < -0.3 is 20.4 Å². The predicted molar refractivity (Wildman–Crippen MR) is 182 cm³/mol. The van der Waals surface area contributed by atoms with E-state index in [9.17, 15) is 30.0 Å². The van der Waals surface area contributed by atoms with Crippen molar-refractivity contribution in [2.24, 2.45) is 9.98 Å². The van der Waals surface area contributed by atoms with E-state index in [1.807, 2.05) is 30.3 Å². The number of aliphatic hydroxyl groups excluding tert-OH is 2. The van der Waals surface area contributed by atoms with Crippen LogP contribution < -0.4 is 0 Å². The first-order valence-corrected chi connectivity index (χ1v) is 14.6. The summed E-state index contributed by atoms with van der Waals surface area (Å²) in [5, 5.41) is 49.5. The number of carboxylic acids is 2. The second-order valence-electron chi connectivity index (χ2n) is 10.6. The molecule has 7 rings (SSSR count). The highest BCUT2D eigenvalue weighted by atomic mass is 35.5. The van der Waals surface area contributed by atoms with Crippen molar-refractivity contribution in [2.45, 2.75) is 0 Å². The Kier molecular flexibility index (Phi) is 6.96. The van der Waals surface area contributed by atoms with Crippen LogP contribution in [0.4, 0.5) is 11.4 Å². The second-order valence-corrected chi connectivity index (χ2v) is 11.4. The standard InChI is InChI=1S/C36H20Cl2N2O6/c37-18-7-11-20(12-8-18)39-33(41)30-28-24-6-2-4-17-3-1-5-22(26(17)24)23-15-16-25(35(43)44)29(27(23)28)32(36(45)46)31(30)34(42)40-21-13-9-19(38)10-14-21/h1-16H,(H,39,41)(H,40,42)(H,43,44)(H,45,46). The van der Waals surface area contributed by atoms with Crippen molar-refractivity contribution in [3.05, 3.63) is 129 Å². The first-order valence-electron chi connectivity index (χ1n) is 13.9. The molecule has 0 aliphatic rings. The number of rotatable bonds is 6. The molecule has 0 atom stereocenters. The lowest BCUT2D eigenvalue weighted by Crippen LogP contribution is -2.19. The van der Waals surface area contributed by atoms with E-state index >= 15 is 0 Å². The molecule has 10 heteroatoms. The van der Waals surface area contributed by atoms with Gasteiger partial charge in [-0.2, -0.15) is 0 Å². The Morgan fingerprint density at radius 2 is 1.00 bits per heavy atom. The van der Waals surface area contributed by atoms with Gasteiger partial charge in [0, 0.05) is 20.8 Å². The maximum absolute atomic E-state index is 13.2. The molecule has 0 aromatic heterocycles. The lowest BCUT2D eigenvalue weighted by Gasteiger charge is -2.22. The van der Waals surface area contributed by atoms with E-state index in [2.05, 4.69) is 9.98 Å². The first-order chi connectivity index (χ1) is 22.1. The van der Waals surface area contributed by atoms with Crippen LogP contribution in [0, 0.1) is 0 Å². The summed E-state index contributed by atoms with van der Waals surface area (Å²) >= 11 is 12.1. The quantitative estimate of drug-likeness (QED) is 0.0613. The molecule has 0 bridgehead atoms. The highest BCUT2D eigenvalue weighted by Crippen LogP contribution is 2.46. The van der Waals surface area contributed by atoms with Gasteiger partial charge in [0.2, 0.25) is 11.8 Å². The summed E-state index contributed by atoms with van der Waals surface area (Å²) in [4.78, 5) is 34.6. The van der Waals surface area contributed by atoms with Gasteiger partial charge in [0.25, 0.3) is 0 Å². The van der Waals surface area contributed by atoms with E-state index in [0.29, 0.717) is 31.9 Å². The Labute approximate surface area is 270 Å². The molecule has 0 fully saturated rings. The summed E-state index contributed by atoms with van der Waals surface area (Å²) in [5.41, 5.74) is -0.887. The molecule has 7 aromatic rings. The number of hydrogen-bond acceptors (Lipinski definition) is 4. The highest BCUT2D eigenvalue weighted by molar-refractivity contribution is 6.40. The summed E-state index contributed by atoms with van der Waals surface area (Å²) in [5.74, 6) is -4.32. The number of carboxylic acid groups (broad SMARTS) is 2. The number of aliphatic imine (C=N–C) groups is 2. The average molecular weight is 647 g/mol. The molecule has 4 N–H and O–H groups in total. The Hall–Kier alpha value is -5.70. The van der Waals surface area contributed by atoms with Crippen molar-refractivity contribution in [1.29, 1.82) is 0 Å². The van der Waals surface area contributed by atoms with E-state index in [4.69, 9.17) is 23.2 Å². The number of benzene rings is 7. The van der Waals surface area contributed by atoms with Crippen molar-refractivity contribution in [2.75, 3.05) is 0 Å². The van der Waals surface area contributed by atoms with Crippen LogP contribution in [0.1, 0.15) is 31.8 Å². The minimum Gasteiger partial charge on any atom is -0.493 e.